The Kier molecular flexibility index (Phi) is 5.89. The zero-order chi connectivity index (χ0) is 18.5. The predicted molar refractivity (Wildman–Crippen MR) is 110 cm³/mol. The quantitative estimate of drug-likeness (QED) is 0.530. The number of hydrogen-bond acceptors (Lipinski definition) is 3. The Hall–Kier alpha value is -2.39. The Morgan fingerprint density at radius 1 is 1.04 bits per heavy atom. The third-order valence-corrected chi connectivity index (χ3v) is 4.28. The minimum absolute atomic E-state index is 0.0337. The number of hydrogen-bond donors (Lipinski definition) is 1. The number of halogens is 1. The monoisotopic (exact) mass is 369 g/mol. The maximum absolute atomic E-state index is 6.46. The average molecular weight is 370 g/mol. The van der Waals surface area contributed by atoms with Crippen LogP contribution >= 0.6 is 11.6 Å². The molecule has 0 saturated carbocycles. The number of ether oxygens (including phenoxy) is 2. The zero-order valence-corrected chi connectivity index (χ0v) is 16.1. The minimum Gasteiger partial charge on any atom is -0.490 e. The molecule has 0 radical (unpaired) electrons. The van der Waals surface area contributed by atoms with E-state index in [1.165, 1.54) is 10.8 Å². The van der Waals surface area contributed by atoms with E-state index in [4.69, 9.17) is 21.1 Å². The first-order chi connectivity index (χ1) is 12.6. The molecule has 0 aliphatic rings. The van der Waals surface area contributed by atoms with Crippen LogP contribution in [0.5, 0.6) is 11.5 Å². The molecule has 0 heterocycles. The summed E-state index contributed by atoms with van der Waals surface area (Å²) in [5.74, 6) is 1.29. The summed E-state index contributed by atoms with van der Waals surface area (Å²) in [4.78, 5) is 0. The lowest BCUT2D eigenvalue weighted by atomic mass is 10.1. The fourth-order valence-corrected chi connectivity index (χ4v) is 3.19. The van der Waals surface area contributed by atoms with Crippen LogP contribution in [0.4, 0.5) is 5.69 Å². The molecule has 0 bridgehead atoms. The third kappa shape index (κ3) is 4.23. The van der Waals surface area contributed by atoms with E-state index in [9.17, 15) is 0 Å². The number of rotatable bonds is 7. The van der Waals surface area contributed by atoms with Gasteiger partial charge in [0.15, 0.2) is 11.5 Å². The van der Waals surface area contributed by atoms with Crippen LogP contribution in [-0.2, 0) is 6.54 Å². The molecule has 0 unspecified atom stereocenters. The van der Waals surface area contributed by atoms with E-state index in [-0.39, 0.29) is 6.10 Å². The topological polar surface area (TPSA) is 30.5 Å². The molecule has 4 heteroatoms. The second-order valence-electron chi connectivity index (χ2n) is 6.38. The first-order valence-corrected chi connectivity index (χ1v) is 9.29. The lowest BCUT2D eigenvalue weighted by Crippen LogP contribution is -2.09. The molecule has 3 nitrogen and oxygen atoms in total. The van der Waals surface area contributed by atoms with Crippen molar-refractivity contribution in [3.63, 3.8) is 0 Å². The van der Waals surface area contributed by atoms with Crippen molar-refractivity contribution in [3.8, 4) is 11.5 Å². The molecule has 136 valence electrons. The maximum Gasteiger partial charge on any atom is 0.180 e. The largest absolute Gasteiger partial charge is 0.490 e. The van der Waals surface area contributed by atoms with Crippen molar-refractivity contribution in [2.75, 3.05) is 11.9 Å². The zero-order valence-electron chi connectivity index (χ0n) is 15.4. The lowest BCUT2D eigenvalue weighted by Gasteiger charge is -2.18. The van der Waals surface area contributed by atoms with Crippen LogP contribution in [0.3, 0.4) is 0 Å². The summed E-state index contributed by atoms with van der Waals surface area (Å²) in [6.07, 6.45) is 0.0337. The Labute approximate surface area is 159 Å². The van der Waals surface area contributed by atoms with Crippen molar-refractivity contribution in [3.05, 3.63) is 65.2 Å². The van der Waals surface area contributed by atoms with Crippen LogP contribution in [0.2, 0.25) is 5.02 Å². The highest BCUT2D eigenvalue weighted by Crippen LogP contribution is 2.37. The molecule has 26 heavy (non-hydrogen) atoms. The number of benzene rings is 3. The van der Waals surface area contributed by atoms with Gasteiger partial charge in [-0.15, -0.1) is 0 Å². The van der Waals surface area contributed by atoms with Crippen LogP contribution in [0.25, 0.3) is 10.8 Å². The van der Waals surface area contributed by atoms with Crippen LogP contribution in [0, 0.1) is 0 Å². The normalized spacial score (nSPS) is 11.0. The van der Waals surface area contributed by atoms with Gasteiger partial charge in [-0.05, 0) is 49.9 Å². The van der Waals surface area contributed by atoms with Crippen molar-refractivity contribution in [1.82, 2.24) is 0 Å². The van der Waals surface area contributed by atoms with Crippen molar-refractivity contribution in [2.24, 2.45) is 0 Å². The van der Waals surface area contributed by atoms with Gasteiger partial charge >= 0.3 is 0 Å². The molecule has 3 rings (SSSR count). The molecular weight excluding hydrogens is 346 g/mol. The van der Waals surface area contributed by atoms with Gasteiger partial charge in [-0.25, -0.2) is 0 Å². The van der Waals surface area contributed by atoms with Gasteiger partial charge in [0.05, 0.1) is 17.7 Å². The Balaban J connectivity index is 1.85. The van der Waals surface area contributed by atoms with Crippen LogP contribution < -0.4 is 14.8 Å². The summed E-state index contributed by atoms with van der Waals surface area (Å²) >= 11 is 6.46. The molecule has 0 aliphatic heterocycles. The standard InChI is InChI=1S/C22H24ClNO2/c1-4-25-21-13-16(12-19(23)22(21)26-15(2)3)14-24-20-11-7-9-17-8-5-6-10-18(17)20/h5-13,15,24H,4,14H2,1-3H3. The van der Waals surface area contributed by atoms with Crippen LogP contribution in [0.1, 0.15) is 26.3 Å². The molecule has 1 N–H and O–H groups in total. The highest BCUT2D eigenvalue weighted by molar-refractivity contribution is 6.32. The SMILES string of the molecule is CCOc1cc(CNc2cccc3ccccc23)cc(Cl)c1OC(C)C. The second kappa shape index (κ2) is 8.33. The molecule has 0 aliphatic carbocycles. The highest BCUT2D eigenvalue weighted by atomic mass is 35.5. The fraction of sp³-hybridized carbons (Fsp3) is 0.273. The van der Waals surface area contributed by atoms with Crippen molar-refractivity contribution < 1.29 is 9.47 Å². The van der Waals surface area contributed by atoms with Gasteiger partial charge in [0.1, 0.15) is 0 Å². The van der Waals surface area contributed by atoms with E-state index < -0.39 is 0 Å². The van der Waals surface area contributed by atoms with E-state index >= 15 is 0 Å². The average Bonchev–Trinajstić information content (AvgIpc) is 2.62. The van der Waals surface area contributed by atoms with Crippen LogP contribution in [0.15, 0.2) is 54.6 Å². The summed E-state index contributed by atoms with van der Waals surface area (Å²) in [6, 6.07) is 18.5. The fourth-order valence-electron chi connectivity index (χ4n) is 2.91. The van der Waals surface area contributed by atoms with E-state index in [1.54, 1.807) is 0 Å². The third-order valence-electron chi connectivity index (χ3n) is 4.00. The van der Waals surface area contributed by atoms with E-state index in [0.717, 1.165) is 11.3 Å². The maximum atomic E-state index is 6.46. The first-order valence-electron chi connectivity index (χ1n) is 8.92. The summed E-state index contributed by atoms with van der Waals surface area (Å²) in [7, 11) is 0. The van der Waals surface area contributed by atoms with Gasteiger partial charge in [0, 0.05) is 17.6 Å². The number of nitrogens with one attached hydrogen (secondary N) is 1. The molecular formula is C22H24ClNO2. The van der Waals surface area contributed by atoms with E-state index in [0.29, 0.717) is 29.7 Å². The molecule has 0 fully saturated rings. The van der Waals surface area contributed by atoms with Gasteiger partial charge in [-0.2, -0.15) is 0 Å². The Morgan fingerprint density at radius 3 is 2.58 bits per heavy atom. The second-order valence-corrected chi connectivity index (χ2v) is 6.79. The smallest absolute Gasteiger partial charge is 0.180 e. The van der Waals surface area contributed by atoms with Gasteiger partial charge < -0.3 is 14.8 Å². The van der Waals surface area contributed by atoms with Gasteiger partial charge in [-0.1, -0.05) is 48.0 Å². The number of anilines is 1. The van der Waals surface area contributed by atoms with Crippen molar-refractivity contribution in [1.29, 1.82) is 0 Å². The van der Waals surface area contributed by atoms with Crippen molar-refractivity contribution in [2.45, 2.75) is 33.4 Å². The molecule has 0 spiro atoms. The van der Waals surface area contributed by atoms with Gasteiger partial charge in [-0.3, -0.25) is 0 Å². The molecule has 0 atom stereocenters. The molecule has 3 aromatic rings. The summed E-state index contributed by atoms with van der Waals surface area (Å²) in [6.45, 7) is 7.11. The molecule has 3 aromatic carbocycles. The van der Waals surface area contributed by atoms with Gasteiger partial charge in [0.2, 0.25) is 0 Å². The summed E-state index contributed by atoms with van der Waals surface area (Å²) in [5, 5.41) is 6.49. The summed E-state index contributed by atoms with van der Waals surface area (Å²) in [5.41, 5.74) is 2.14. The lowest BCUT2D eigenvalue weighted by molar-refractivity contribution is 0.224. The Bertz CT molecular complexity index is 887. The Morgan fingerprint density at radius 2 is 1.81 bits per heavy atom. The predicted octanol–water partition coefficient (Wildman–Crippen LogP) is 6.29. The van der Waals surface area contributed by atoms with Crippen molar-refractivity contribution >= 4 is 28.1 Å². The molecule has 0 aromatic heterocycles. The number of fused-ring (bicyclic) bond motifs is 1. The highest BCUT2D eigenvalue weighted by Gasteiger charge is 2.14. The van der Waals surface area contributed by atoms with Crippen LogP contribution in [-0.4, -0.2) is 12.7 Å². The molecule has 0 amide bonds. The molecule has 0 saturated heterocycles. The van der Waals surface area contributed by atoms with E-state index in [1.807, 2.05) is 39.0 Å². The minimum atomic E-state index is 0.0337. The first kappa shape index (κ1) is 18.4. The van der Waals surface area contributed by atoms with E-state index in [2.05, 4.69) is 41.7 Å². The summed E-state index contributed by atoms with van der Waals surface area (Å²) < 4.78 is 11.6. The van der Waals surface area contributed by atoms with Gasteiger partial charge in [0.25, 0.3) is 0 Å².